The molecule has 2 aliphatic heterocycles. The maximum Gasteiger partial charge on any atom is 0.225 e. The lowest BCUT2D eigenvalue weighted by atomic mass is 9.96. The fraction of sp³-hybridized carbons (Fsp3) is 0.917. The van der Waals surface area contributed by atoms with Crippen molar-refractivity contribution in [3.63, 3.8) is 0 Å². The second-order valence-corrected chi connectivity index (χ2v) is 5.02. The molecule has 2 unspecified atom stereocenters. The van der Waals surface area contributed by atoms with Gasteiger partial charge in [0.15, 0.2) is 0 Å². The van der Waals surface area contributed by atoms with Gasteiger partial charge in [0.1, 0.15) is 0 Å². The molecule has 2 N–H and O–H groups in total. The highest BCUT2D eigenvalue weighted by Crippen LogP contribution is 2.19. The van der Waals surface area contributed by atoms with Crippen LogP contribution in [-0.4, -0.2) is 60.9 Å². The average molecular weight is 242 g/mol. The van der Waals surface area contributed by atoms with E-state index in [2.05, 4.69) is 5.32 Å². The van der Waals surface area contributed by atoms with Gasteiger partial charge in [0.05, 0.1) is 18.8 Å². The second-order valence-electron chi connectivity index (χ2n) is 5.02. The first kappa shape index (κ1) is 12.8. The molecular weight excluding hydrogens is 220 g/mol. The van der Waals surface area contributed by atoms with Crippen LogP contribution in [0, 0.1) is 5.92 Å². The fourth-order valence-electron chi connectivity index (χ4n) is 2.65. The summed E-state index contributed by atoms with van der Waals surface area (Å²) in [4.78, 5) is 14.2. The molecule has 0 saturated carbocycles. The molecule has 2 heterocycles. The Labute approximate surface area is 102 Å². The molecule has 98 valence electrons. The first-order chi connectivity index (χ1) is 8.20. The van der Waals surface area contributed by atoms with Crippen molar-refractivity contribution < 1.29 is 14.6 Å². The van der Waals surface area contributed by atoms with Crippen molar-refractivity contribution in [3.8, 4) is 0 Å². The Morgan fingerprint density at radius 3 is 2.76 bits per heavy atom. The van der Waals surface area contributed by atoms with E-state index in [9.17, 15) is 4.79 Å². The van der Waals surface area contributed by atoms with E-state index in [1.54, 1.807) is 0 Å². The van der Waals surface area contributed by atoms with Crippen molar-refractivity contribution in [2.45, 2.75) is 32.0 Å². The van der Waals surface area contributed by atoms with Crippen molar-refractivity contribution >= 4 is 5.91 Å². The summed E-state index contributed by atoms with van der Waals surface area (Å²) in [7, 11) is 0. The molecule has 0 aliphatic carbocycles. The van der Waals surface area contributed by atoms with E-state index in [4.69, 9.17) is 9.84 Å². The number of amides is 1. The lowest BCUT2D eigenvalue weighted by Gasteiger charge is -2.38. The van der Waals surface area contributed by atoms with Gasteiger partial charge in [-0.15, -0.1) is 0 Å². The van der Waals surface area contributed by atoms with Crippen molar-refractivity contribution in [1.29, 1.82) is 0 Å². The van der Waals surface area contributed by atoms with Crippen molar-refractivity contribution in [1.82, 2.24) is 10.2 Å². The van der Waals surface area contributed by atoms with Gasteiger partial charge in [-0.2, -0.15) is 0 Å². The summed E-state index contributed by atoms with van der Waals surface area (Å²) in [6.07, 6.45) is 1.65. The monoisotopic (exact) mass is 242 g/mol. The number of carbonyl (C=O) groups excluding carboxylic acids is 1. The highest BCUT2D eigenvalue weighted by atomic mass is 16.5. The predicted octanol–water partition coefficient (Wildman–Crippen LogP) is -0.406. The summed E-state index contributed by atoms with van der Waals surface area (Å²) < 4.78 is 5.55. The summed E-state index contributed by atoms with van der Waals surface area (Å²) >= 11 is 0. The predicted molar refractivity (Wildman–Crippen MR) is 63.6 cm³/mol. The number of morpholine rings is 1. The minimum absolute atomic E-state index is 0.0135. The van der Waals surface area contributed by atoms with E-state index in [-0.39, 0.29) is 30.6 Å². The molecule has 5 heteroatoms. The minimum atomic E-state index is -0.218. The van der Waals surface area contributed by atoms with Gasteiger partial charge in [-0.25, -0.2) is 0 Å². The molecule has 2 rings (SSSR count). The number of aliphatic hydroxyl groups excluding tert-OH is 1. The summed E-state index contributed by atoms with van der Waals surface area (Å²) in [5, 5.41) is 12.4. The Morgan fingerprint density at radius 1 is 1.41 bits per heavy atom. The molecule has 0 spiro atoms. The molecule has 0 bridgehead atoms. The van der Waals surface area contributed by atoms with E-state index in [1.165, 1.54) is 0 Å². The smallest absolute Gasteiger partial charge is 0.225 e. The SMILES string of the molecule is CC1CN(C(=O)C2CCNCC2)CC(CO)O1. The van der Waals surface area contributed by atoms with Gasteiger partial charge in [-0.3, -0.25) is 4.79 Å². The highest BCUT2D eigenvalue weighted by Gasteiger charge is 2.32. The number of nitrogens with one attached hydrogen (secondary N) is 1. The summed E-state index contributed by atoms with van der Waals surface area (Å²) in [5.41, 5.74) is 0. The van der Waals surface area contributed by atoms with Crippen LogP contribution < -0.4 is 5.32 Å². The number of hydrogen-bond acceptors (Lipinski definition) is 4. The number of nitrogens with zero attached hydrogens (tertiary/aromatic N) is 1. The van der Waals surface area contributed by atoms with Crippen molar-refractivity contribution in [2.24, 2.45) is 5.92 Å². The van der Waals surface area contributed by atoms with E-state index >= 15 is 0 Å². The normalized spacial score (nSPS) is 31.5. The van der Waals surface area contributed by atoms with E-state index in [0.717, 1.165) is 25.9 Å². The van der Waals surface area contributed by atoms with Gasteiger partial charge in [0.2, 0.25) is 5.91 Å². The molecule has 2 atom stereocenters. The molecule has 0 aromatic heterocycles. The maximum absolute atomic E-state index is 12.3. The van der Waals surface area contributed by atoms with Crippen LogP contribution in [-0.2, 0) is 9.53 Å². The third-order valence-electron chi connectivity index (χ3n) is 3.53. The quantitative estimate of drug-likeness (QED) is 0.691. The molecule has 0 radical (unpaired) electrons. The maximum atomic E-state index is 12.3. The Kier molecular flexibility index (Phi) is 4.36. The molecular formula is C12H22N2O3. The third kappa shape index (κ3) is 3.18. The zero-order chi connectivity index (χ0) is 12.3. The van der Waals surface area contributed by atoms with Crippen LogP contribution in [0.15, 0.2) is 0 Å². The zero-order valence-electron chi connectivity index (χ0n) is 10.4. The van der Waals surface area contributed by atoms with E-state index < -0.39 is 0 Å². The molecule has 5 nitrogen and oxygen atoms in total. The molecule has 2 aliphatic rings. The Hall–Kier alpha value is -0.650. The molecule has 1 amide bonds. The number of piperidine rings is 1. The summed E-state index contributed by atoms with van der Waals surface area (Å²) in [6, 6.07) is 0. The number of rotatable bonds is 2. The number of ether oxygens (including phenoxy) is 1. The average Bonchev–Trinajstić information content (AvgIpc) is 2.38. The lowest BCUT2D eigenvalue weighted by molar-refractivity contribution is -0.151. The highest BCUT2D eigenvalue weighted by molar-refractivity contribution is 5.79. The van der Waals surface area contributed by atoms with Crippen LogP contribution in [0.1, 0.15) is 19.8 Å². The van der Waals surface area contributed by atoms with Gasteiger partial charge in [0.25, 0.3) is 0 Å². The number of aliphatic hydroxyl groups is 1. The van der Waals surface area contributed by atoms with Crippen LogP contribution >= 0.6 is 0 Å². The third-order valence-corrected chi connectivity index (χ3v) is 3.53. The largest absolute Gasteiger partial charge is 0.394 e. The summed E-state index contributed by atoms with van der Waals surface area (Å²) in [6.45, 7) is 4.98. The number of carbonyl (C=O) groups is 1. The van der Waals surface area contributed by atoms with E-state index in [0.29, 0.717) is 13.1 Å². The molecule has 0 aromatic rings. The Balaban J connectivity index is 1.93. The van der Waals surface area contributed by atoms with Gasteiger partial charge in [0, 0.05) is 19.0 Å². The van der Waals surface area contributed by atoms with Crippen LogP contribution in [0.4, 0.5) is 0 Å². The Bertz CT molecular complexity index is 266. The molecule has 2 fully saturated rings. The topological polar surface area (TPSA) is 61.8 Å². The standard InChI is InChI=1S/C12H22N2O3/c1-9-6-14(7-11(8-15)17-9)12(16)10-2-4-13-5-3-10/h9-11,13,15H,2-8H2,1H3. The van der Waals surface area contributed by atoms with Crippen molar-refractivity contribution in [3.05, 3.63) is 0 Å². The van der Waals surface area contributed by atoms with Gasteiger partial charge >= 0.3 is 0 Å². The molecule has 0 aromatic carbocycles. The van der Waals surface area contributed by atoms with Gasteiger partial charge in [-0.1, -0.05) is 0 Å². The number of hydrogen-bond donors (Lipinski definition) is 2. The van der Waals surface area contributed by atoms with Crippen LogP contribution in [0.25, 0.3) is 0 Å². The second kappa shape index (κ2) is 5.80. The fourth-order valence-corrected chi connectivity index (χ4v) is 2.65. The molecule has 17 heavy (non-hydrogen) atoms. The van der Waals surface area contributed by atoms with Crippen molar-refractivity contribution in [2.75, 3.05) is 32.8 Å². The first-order valence-electron chi connectivity index (χ1n) is 6.46. The Morgan fingerprint density at radius 2 is 2.12 bits per heavy atom. The van der Waals surface area contributed by atoms with Gasteiger partial charge in [-0.05, 0) is 32.9 Å². The molecule has 2 saturated heterocycles. The van der Waals surface area contributed by atoms with Crippen LogP contribution in [0.5, 0.6) is 0 Å². The van der Waals surface area contributed by atoms with Crippen LogP contribution in [0.2, 0.25) is 0 Å². The lowest BCUT2D eigenvalue weighted by Crippen LogP contribution is -2.52. The van der Waals surface area contributed by atoms with Gasteiger partial charge < -0.3 is 20.1 Å². The minimum Gasteiger partial charge on any atom is -0.394 e. The zero-order valence-corrected chi connectivity index (χ0v) is 10.4. The van der Waals surface area contributed by atoms with E-state index in [1.807, 2.05) is 11.8 Å². The van der Waals surface area contributed by atoms with Crippen LogP contribution in [0.3, 0.4) is 0 Å². The summed E-state index contributed by atoms with van der Waals surface area (Å²) in [5.74, 6) is 0.390. The first-order valence-corrected chi connectivity index (χ1v) is 6.46.